The molecule has 3 aromatic carbocycles. The summed E-state index contributed by atoms with van der Waals surface area (Å²) >= 11 is 0. The number of rotatable bonds is 4. The van der Waals surface area contributed by atoms with E-state index in [-0.39, 0.29) is 0 Å². The molecule has 4 rings (SSSR count). The topological polar surface area (TPSA) is 27.1 Å². The first kappa shape index (κ1) is 14.5. The van der Waals surface area contributed by atoms with E-state index in [0.29, 0.717) is 6.61 Å². The molecule has 3 nitrogen and oxygen atoms in total. The number of fused-ring (bicyclic) bond motifs is 1. The summed E-state index contributed by atoms with van der Waals surface area (Å²) in [5, 5.41) is 6.97. The lowest BCUT2D eigenvalue weighted by molar-refractivity contribution is 0.340. The van der Waals surface area contributed by atoms with Crippen molar-refractivity contribution >= 4 is 10.8 Å². The third-order valence-corrected chi connectivity index (χ3v) is 4.08. The highest BCUT2D eigenvalue weighted by Gasteiger charge is 2.08. The Morgan fingerprint density at radius 1 is 0.875 bits per heavy atom. The van der Waals surface area contributed by atoms with Gasteiger partial charge in [-0.1, -0.05) is 36.4 Å². The fourth-order valence-electron chi connectivity index (χ4n) is 2.93. The largest absolute Gasteiger partial charge is 0.494 e. The molecule has 0 amide bonds. The number of nitrogens with zero attached hydrogens (tertiary/aromatic N) is 2. The van der Waals surface area contributed by atoms with Crippen LogP contribution in [0.2, 0.25) is 0 Å². The van der Waals surface area contributed by atoms with E-state index < -0.39 is 0 Å². The van der Waals surface area contributed by atoms with Crippen molar-refractivity contribution < 1.29 is 4.74 Å². The summed E-state index contributed by atoms with van der Waals surface area (Å²) in [5.74, 6) is 0.876. The summed E-state index contributed by atoms with van der Waals surface area (Å²) in [4.78, 5) is 0. The van der Waals surface area contributed by atoms with Crippen molar-refractivity contribution in [2.24, 2.45) is 0 Å². The highest BCUT2D eigenvalue weighted by Crippen LogP contribution is 2.26. The molecule has 0 saturated carbocycles. The van der Waals surface area contributed by atoms with Crippen molar-refractivity contribution in [2.45, 2.75) is 6.92 Å². The minimum atomic E-state index is 0.670. The Bertz CT molecular complexity index is 970. The van der Waals surface area contributed by atoms with Crippen LogP contribution in [-0.4, -0.2) is 16.4 Å². The molecule has 1 aromatic heterocycles. The van der Waals surface area contributed by atoms with E-state index in [1.807, 2.05) is 48.1 Å². The molecular weight excluding hydrogens is 296 g/mol. The molecule has 0 spiro atoms. The second-order valence-corrected chi connectivity index (χ2v) is 5.62. The quantitative estimate of drug-likeness (QED) is 0.524. The lowest BCUT2D eigenvalue weighted by Crippen LogP contribution is -1.99. The normalized spacial score (nSPS) is 10.9. The summed E-state index contributed by atoms with van der Waals surface area (Å²) in [6.45, 7) is 2.66. The molecular formula is C21H18N2O. The number of ether oxygens (including phenoxy) is 1. The first-order chi connectivity index (χ1) is 11.8. The third kappa shape index (κ3) is 2.65. The van der Waals surface area contributed by atoms with Gasteiger partial charge in [0.2, 0.25) is 0 Å². The van der Waals surface area contributed by atoms with Crippen LogP contribution in [0.25, 0.3) is 27.7 Å². The first-order valence-corrected chi connectivity index (χ1v) is 8.11. The molecule has 0 N–H and O–H groups in total. The van der Waals surface area contributed by atoms with Crippen molar-refractivity contribution in [1.29, 1.82) is 0 Å². The summed E-state index contributed by atoms with van der Waals surface area (Å²) in [5.41, 5.74) is 3.25. The summed E-state index contributed by atoms with van der Waals surface area (Å²) < 4.78 is 7.47. The van der Waals surface area contributed by atoms with Crippen LogP contribution in [0.1, 0.15) is 6.92 Å². The highest BCUT2D eigenvalue weighted by atomic mass is 16.5. The smallest absolute Gasteiger partial charge is 0.119 e. The minimum Gasteiger partial charge on any atom is -0.494 e. The maximum atomic E-state index is 5.51. The van der Waals surface area contributed by atoms with Gasteiger partial charge in [0.15, 0.2) is 0 Å². The zero-order chi connectivity index (χ0) is 16.4. The molecule has 4 aromatic rings. The van der Waals surface area contributed by atoms with Gasteiger partial charge in [0.05, 0.1) is 24.2 Å². The van der Waals surface area contributed by atoms with Crippen LogP contribution in [0.3, 0.4) is 0 Å². The molecule has 1 heterocycles. The van der Waals surface area contributed by atoms with E-state index in [9.17, 15) is 0 Å². The van der Waals surface area contributed by atoms with Gasteiger partial charge < -0.3 is 4.74 Å². The molecule has 24 heavy (non-hydrogen) atoms. The Labute approximate surface area is 141 Å². The van der Waals surface area contributed by atoms with E-state index in [1.165, 1.54) is 10.8 Å². The van der Waals surface area contributed by atoms with Gasteiger partial charge in [-0.3, -0.25) is 0 Å². The minimum absolute atomic E-state index is 0.670. The van der Waals surface area contributed by atoms with E-state index >= 15 is 0 Å². The zero-order valence-electron chi connectivity index (χ0n) is 13.5. The Kier molecular flexibility index (Phi) is 3.75. The van der Waals surface area contributed by atoms with Gasteiger partial charge >= 0.3 is 0 Å². The number of aromatic nitrogens is 2. The Morgan fingerprint density at radius 3 is 2.46 bits per heavy atom. The fraction of sp³-hybridized carbons (Fsp3) is 0.0952. The van der Waals surface area contributed by atoms with Crippen molar-refractivity contribution in [3.63, 3.8) is 0 Å². The summed E-state index contributed by atoms with van der Waals surface area (Å²) in [6.07, 6.45) is 1.83. The first-order valence-electron chi connectivity index (χ1n) is 8.11. The van der Waals surface area contributed by atoms with E-state index in [2.05, 4.69) is 47.6 Å². The van der Waals surface area contributed by atoms with Crippen LogP contribution in [-0.2, 0) is 0 Å². The average molecular weight is 314 g/mol. The molecule has 0 radical (unpaired) electrons. The fourth-order valence-corrected chi connectivity index (χ4v) is 2.93. The van der Waals surface area contributed by atoms with Crippen molar-refractivity contribution in [1.82, 2.24) is 9.78 Å². The number of hydrogen-bond acceptors (Lipinski definition) is 2. The van der Waals surface area contributed by atoms with Gasteiger partial charge in [-0.15, -0.1) is 0 Å². The van der Waals surface area contributed by atoms with Crippen LogP contribution < -0.4 is 4.74 Å². The lowest BCUT2D eigenvalue weighted by Gasteiger charge is -2.10. The predicted octanol–water partition coefficient (Wildman–Crippen LogP) is 5.09. The monoisotopic (exact) mass is 314 g/mol. The maximum Gasteiger partial charge on any atom is 0.119 e. The molecule has 0 unspecified atom stereocenters. The third-order valence-electron chi connectivity index (χ3n) is 4.08. The Hall–Kier alpha value is -3.07. The Morgan fingerprint density at radius 2 is 1.67 bits per heavy atom. The standard InChI is InChI=1S/C21H18N2O/c1-2-24-20-11-9-19(10-12-20)23-21(13-14-22-23)18-8-7-16-5-3-4-6-17(16)15-18/h3-15H,2H2,1H3. The van der Waals surface area contributed by atoms with Gasteiger partial charge in [0.1, 0.15) is 5.75 Å². The second kappa shape index (κ2) is 6.20. The zero-order valence-corrected chi connectivity index (χ0v) is 13.5. The van der Waals surface area contributed by atoms with Gasteiger partial charge in [-0.2, -0.15) is 5.10 Å². The molecule has 0 aliphatic rings. The Balaban J connectivity index is 1.75. The highest BCUT2D eigenvalue weighted by molar-refractivity contribution is 5.87. The molecule has 118 valence electrons. The van der Waals surface area contributed by atoms with Crippen LogP contribution in [0.15, 0.2) is 79.0 Å². The van der Waals surface area contributed by atoms with Gasteiger partial charge in [0.25, 0.3) is 0 Å². The van der Waals surface area contributed by atoms with Crippen LogP contribution in [0.4, 0.5) is 0 Å². The molecule has 0 saturated heterocycles. The van der Waals surface area contributed by atoms with Crippen molar-refractivity contribution in [3.05, 3.63) is 79.0 Å². The van der Waals surface area contributed by atoms with Gasteiger partial charge in [-0.25, -0.2) is 4.68 Å². The SMILES string of the molecule is CCOc1ccc(-n2nccc2-c2ccc3ccccc3c2)cc1. The summed E-state index contributed by atoms with van der Waals surface area (Å²) in [7, 11) is 0. The van der Waals surface area contributed by atoms with E-state index in [1.54, 1.807) is 0 Å². The van der Waals surface area contributed by atoms with Crippen LogP contribution >= 0.6 is 0 Å². The number of hydrogen-bond donors (Lipinski definition) is 0. The summed E-state index contributed by atoms with van der Waals surface area (Å²) in [6, 6.07) is 24.9. The van der Waals surface area contributed by atoms with Crippen molar-refractivity contribution in [2.75, 3.05) is 6.61 Å². The van der Waals surface area contributed by atoms with Crippen LogP contribution in [0.5, 0.6) is 5.75 Å². The van der Waals surface area contributed by atoms with Gasteiger partial charge in [-0.05, 0) is 54.1 Å². The maximum absolute atomic E-state index is 5.51. The number of benzene rings is 3. The molecule has 0 atom stereocenters. The molecule has 0 aliphatic carbocycles. The average Bonchev–Trinajstić information content (AvgIpc) is 3.12. The second-order valence-electron chi connectivity index (χ2n) is 5.62. The molecule has 3 heteroatoms. The molecule has 0 aliphatic heterocycles. The van der Waals surface area contributed by atoms with E-state index in [0.717, 1.165) is 22.7 Å². The lowest BCUT2D eigenvalue weighted by atomic mass is 10.1. The molecule has 0 fully saturated rings. The van der Waals surface area contributed by atoms with Gasteiger partial charge in [0, 0.05) is 5.56 Å². The van der Waals surface area contributed by atoms with E-state index in [4.69, 9.17) is 4.74 Å². The van der Waals surface area contributed by atoms with Crippen molar-refractivity contribution in [3.8, 4) is 22.7 Å². The molecule has 0 bridgehead atoms. The van der Waals surface area contributed by atoms with Crippen LogP contribution in [0, 0.1) is 0 Å². The predicted molar refractivity (Wildman–Crippen MR) is 97.7 cm³/mol.